The van der Waals surface area contributed by atoms with Gasteiger partial charge in [-0.15, -0.1) is 10.2 Å². The summed E-state index contributed by atoms with van der Waals surface area (Å²) in [6, 6.07) is 10.2. The number of aryl methyl sites for hydroxylation is 2. The molecule has 3 heterocycles. The summed E-state index contributed by atoms with van der Waals surface area (Å²) in [6.45, 7) is 0. The quantitative estimate of drug-likeness (QED) is 0.450. The Morgan fingerprint density at radius 3 is 2.77 bits per heavy atom. The van der Waals surface area contributed by atoms with Crippen molar-refractivity contribution in [2.75, 3.05) is 0 Å². The van der Waals surface area contributed by atoms with Gasteiger partial charge in [0.1, 0.15) is 5.01 Å². The third-order valence-corrected chi connectivity index (χ3v) is 4.17. The second-order valence-corrected chi connectivity index (χ2v) is 5.63. The number of fused-ring (bicyclic) bond motifs is 2. The van der Waals surface area contributed by atoms with Gasteiger partial charge in [0, 0.05) is 6.42 Å². The molecule has 1 aromatic carbocycles. The molecule has 0 amide bonds. The van der Waals surface area contributed by atoms with E-state index in [2.05, 4.69) is 37.6 Å². The molecular formula is C13H10N6NaOS+. The number of nitrogens with zero attached hydrogens (tertiary/aromatic N) is 5. The van der Waals surface area contributed by atoms with Gasteiger partial charge in [-0.05, 0) is 12.0 Å². The van der Waals surface area contributed by atoms with Crippen LogP contribution < -0.4 is 35.1 Å². The largest absolute Gasteiger partial charge is 1.00 e. The standard InChI is InChI=1S/C13H10N6OS.Na/c20-12-10-11(16-18-15-10)14-13-19(12)17-9(21-13)7-6-8-4-2-1-3-5-8;/h1-5H,6-7H2,(H,15,16,18);/q;+1. The average Bonchev–Trinajstić information content (AvgIpc) is 3.13. The molecule has 0 aliphatic carbocycles. The van der Waals surface area contributed by atoms with Crippen molar-refractivity contribution >= 4 is 27.5 Å². The van der Waals surface area contributed by atoms with E-state index in [4.69, 9.17) is 0 Å². The molecular weight excluding hydrogens is 311 g/mol. The number of H-pyrrole nitrogens is 1. The van der Waals surface area contributed by atoms with Gasteiger partial charge in [-0.25, -0.2) is 0 Å². The molecule has 0 radical (unpaired) electrons. The molecule has 4 rings (SSSR count). The van der Waals surface area contributed by atoms with Gasteiger partial charge in [0.2, 0.25) is 10.6 Å². The monoisotopic (exact) mass is 321 g/mol. The Labute approximate surface area is 150 Å². The molecule has 0 spiro atoms. The summed E-state index contributed by atoms with van der Waals surface area (Å²) in [5.74, 6) is 0. The van der Waals surface area contributed by atoms with Crippen molar-refractivity contribution in [3.8, 4) is 0 Å². The molecule has 104 valence electrons. The summed E-state index contributed by atoms with van der Waals surface area (Å²) in [5.41, 5.74) is 1.50. The maximum Gasteiger partial charge on any atom is 1.00 e. The molecule has 4 aromatic rings. The SMILES string of the molecule is O=c1c2n[nH]nc2nc2sc(CCc3ccccc3)nn12.[Na+]. The van der Waals surface area contributed by atoms with Crippen LogP contribution >= 0.6 is 11.3 Å². The zero-order valence-corrected chi connectivity index (χ0v) is 14.7. The molecule has 0 bridgehead atoms. The maximum absolute atomic E-state index is 12.2. The predicted molar refractivity (Wildman–Crippen MR) is 78.4 cm³/mol. The summed E-state index contributed by atoms with van der Waals surface area (Å²) in [7, 11) is 0. The minimum Gasteiger partial charge on any atom is -0.265 e. The molecule has 0 atom stereocenters. The summed E-state index contributed by atoms with van der Waals surface area (Å²) < 4.78 is 1.30. The third kappa shape index (κ3) is 2.70. The predicted octanol–water partition coefficient (Wildman–Crippen LogP) is -1.79. The van der Waals surface area contributed by atoms with Crippen molar-refractivity contribution in [1.82, 2.24) is 30.0 Å². The van der Waals surface area contributed by atoms with Crippen LogP contribution in [0, 0.1) is 0 Å². The number of benzene rings is 1. The Balaban J connectivity index is 0.00000144. The maximum atomic E-state index is 12.2. The Kier molecular flexibility index (Phi) is 4.34. The van der Waals surface area contributed by atoms with Crippen LogP contribution in [0.2, 0.25) is 0 Å². The minimum atomic E-state index is -0.286. The molecule has 0 aliphatic rings. The zero-order valence-electron chi connectivity index (χ0n) is 11.9. The first-order valence-electron chi connectivity index (χ1n) is 6.44. The van der Waals surface area contributed by atoms with Crippen LogP contribution in [-0.2, 0) is 12.8 Å². The van der Waals surface area contributed by atoms with E-state index >= 15 is 0 Å². The minimum absolute atomic E-state index is 0. The van der Waals surface area contributed by atoms with Gasteiger partial charge in [0.15, 0.2) is 5.52 Å². The molecule has 7 nitrogen and oxygen atoms in total. The smallest absolute Gasteiger partial charge is 0.265 e. The molecule has 3 aromatic heterocycles. The van der Waals surface area contributed by atoms with Crippen LogP contribution in [0.1, 0.15) is 10.6 Å². The van der Waals surface area contributed by atoms with Gasteiger partial charge < -0.3 is 0 Å². The van der Waals surface area contributed by atoms with Crippen molar-refractivity contribution in [2.45, 2.75) is 12.8 Å². The van der Waals surface area contributed by atoms with E-state index in [0.29, 0.717) is 10.6 Å². The van der Waals surface area contributed by atoms with Crippen LogP contribution in [0.5, 0.6) is 0 Å². The van der Waals surface area contributed by atoms with Crippen LogP contribution in [0.4, 0.5) is 0 Å². The number of aromatic nitrogens is 6. The molecule has 9 heteroatoms. The van der Waals surface area contributed by atoms with Crippen LogP contribution in [-0.4, -0.2) is 30.0 Å². The average molecular weight is 321 g/mol. The van der Waals surface area contributed by atoms with E-state index in [1.54, 1.807) is 0 Å². The fourth-order valence-corrected chi connectivity index (χ4v) is 3.04. The summed E-state index contributed by atoms with van der Waals surface area (Å²) >= 11 is 1.41. The van der Waals surface area contributed by atoms with E-state index in [9.17, 15) is 4.79 Å². The van der Waals surface area contributed by atoms with Crippen LogP contribution in [0.15, 0.2) is 35.1 Å². The van der Waals surface area contributed by atoms with E-state index in [0.717, 1.165) is 17.8 Å². The van der Waals surface area contributed by atoms with E-state index in [1.807, 2.05) is 18.2 Å². The fraction of sp³-hybridized carbons (Fsp3) is 0.154. The van der Waals surface area contributed by atoms with Gasteiger partial charge in [-0.2, -0.15) is 19.8 Å². The van der Waals surface area contributed by atoms with Gasteiger partial charge in [-0.1, -0.05) is 41.7 Å². The first-order chi connectivity index (χ1) is 10.3. The normalized spacial score (nSPS) is 10.9. The molecule has 0 unspecified atom stereocenters. The van der Waals surface area contributed by atoms with E-state index < -0.39 is 0 Å². The molecule has 0 aliphatic heterocycles. The number of aromatic amines is 1. The molecule has 22 heavy (non-hydrogen) atoms. The Morgan fingerprint density at radius 2 is 1.95 bits per heavy atom. The van der Waals surface area contributed by atoms with Crippen molar-refractivity contribution in [3.05, 3.63) is 51.3 Å². The van der Waals surface area contributed by atoms with Gasteiger partial charge in [0.25, 0.3) is 0 Å². The van der Waals surface area contributed by atoms with Crippen molar-refractivity contribution in [1.29, 1.82) is 0 Å². The number of hydrogen-bond donors (Lipinski definition) is 1. The van der Waals surface area contributed by atoms with Crippen molar-refractivity contribution in [3.63, 3.8) is 0 Å². The Bertz CT molecular complexity index is 976. The van der Waals surface area contributed by atoms with Crippen molar-refractivity contribution in [2.24, 2.45) is 0 Å². The number of nitrogens with one attached hydrogen (secondary N) is 1. The van der Waals surface area contributed by atoms with Crippen LogP contribution in [0.3, 0.4) is 0 Å². The molecule has 1 N–H and O–H groups in total. The second kappa shape index (κ2) is 6.25. The van der Waals surface area contributed by atoms with Gasteiger partial charge >= 0.3 is 35.1 Å². The summed E-state index contributed by atoms with van der Waals surface area (Å²) in [4.78, 5) is 17.0. The summed E-state index contributed by atoms with van der Waals surface area (Å²) in [6.07, 6.45) is 1.65. The Morgan fingerprint density at radius 1 is 1.14 bits per heavy atom. The number of rotatable bonds is 3. The van der Waals surface area contributed by atoms with Gasteiger partial charge in [0.05, 0.1) is 0 Å². The topological polar surface area (TPSA) is 88.8 Å². The number of hydrogen-bond acceptors (Lipinski definition) is 6. The first-order valence-corrected chi connectivity index (χ1v) is 7.26. The molecule has 0 saturated heterocycles. The summed E-state index contributed by atoms with van der Waals surface area (Å²) in [5, 5.41) is 15.3. The molecule has 0 saturated carbocycles. The zero-order chi connectivity index (χ0) is 14.2. The fourth-order valence-electron chi connectivity index (χ4n) is 2.16. The van der Waals surface area contributed by atoms with E-state index in [-0.39, 0.29) is 40.6 Å². The second-order valence-electron chi connectivity index (χ2n) is 4.59. The third-order valence-electron chi connectivity index (χ3n) is 3.20. The van der Waals surface area contributed by atoms with Crippen LogP contribution in [0.25, 0.3) is 16.1 Å². The molecule has 0 fully saturated rings. The van der Waals surface area contributed by atoms with Gasteiger partial charge in [-0.3, -0.25) is 4.79 Å². The first kappa shape index (κ1) is 15.3. The van der Waals surface area contributed by atoms with Crippen molar-refractivity contribution < 1.29 is 29.6 Å². The Hall–Kier alpha value is -1.61. The van der Waals surface area contributed by atoms with E-state index in [1.165, 1.54) is 21.4 Å².